The Hall–Kier alpha value is -2.29. The van der Waals surface area contributed by atoms with Crippen LogP contribution < -0.4 is 14.6 Å². The van der Waals surface area contributed by atoms with Crippen LogP contribution in [0.25, 0.3) is 0 Å². The molecular weight excluding hydrogens is 382 g/mol. The Morgan fingerprint density at radius 3 is 2.42 bits per heavy atom. The highest BCUT2D eigenvalue weighted by Gasteiger charge is 2.16. The second-order valence-electron chi connectivity index (χ2n) is 5.25. The van der Waals surface area contributed by atoms with Gasteiger partial charge in [-0.3, -0.25) is 0 Å². The maximum absolute atomic E-state index is 11.9. The molecule has 0 aliphatic carbocycles. The Bertz CT molecular complexity index is 854. The number of sulfonamides is 1. The van der Waals surface area contributed by atoms with Crippen LogP contribution in [-0.4, -0.2) is 33.7 Å². The largest absolute Gasteiger partial charge is 0.490 e. The summed E-state index contributed by atoms with van der Waals surface area (Å²) in [5.41, 5.74) is 0. The van der Waals surface area contributed by atoms with Crippen molar-refractivity contribution in [3.8, 4) is 11.5 Å². The molecule has 0 aliphatic rings. The van der Waals surface area contributed by atoms with Gasteiger partial charge in [0.1, 0.15) is 24.7 Å². The van der Waals surface area contributed by atoms with Crippen molar-refractivity contribution in [3.63, 3.8) is 0 Å². The highest BCUT2D eigenvalue weighted by atomic mass is 35.5. The molecule has 2 aromatic carbocycles. The molecule has 0 bridgehead atoms. The van der Waals surface area contributed by atoms with E-state index in [4.69, 9.17) is 31.0 Å². The van der Waals surface area contributed by atoms with Crippen LogP contribution in [0.4, 0.5) is 0 Å². The summed E-state index contributed by atoms with van der Waals surface area (Å²) in [5, 5.41) is 5.51. The minimum Gasteiger partial charge on any atom is -0.490 e. The van der Waals surface area contributed by atoms with Crippen molar-refractivity contribution in [2.45, 2.75) is 17.9 Å². The molecule has 2 N–H and O–H groups in total. The fourth-order valence-corrected chi connectivity index (χ4v) is 2.63. The summed E-state index contributed by atoms with van der Waals surface area (Å²) in [6.07, 6.45) is -0.803. The number of esters is 1. The average molecular weight is 400 g/mol. The Labute approximate surface area is 156 Å². The van der Waals surface area contributed by atoms with Gasteiger partial charge in [-0.05, 0) is 49.4 Å². The predicted molar refractivity (Wildman–Crippen MR) is 95.8 cm³/mol. The van der Waals surface area contributed by atoms with Crippen LogP contribution >= 0.6 is 11.6 Å². The summed E-state index contributed by atoms with van der Waals surface area (Å²) in [6, 6.07) is 12.3. The van der Waals surface area contributed by atoms with Crippen molar-refractivity contribution in [2.75, 3.05) is 13.2 Å². The van der Waals surface area contributed by atoms with Gasteiger partial charge in [0.25, 0.3) is 0 Å². The highest BCUT2D eigenvalue weighted by molar-refractivity contribution is 7.89. The van der Waals surface area contributed by atoms with E-state index in [1.165, 1.54) is 24.3 Å². The maximum Gasteiger partial charge on any atom is 0.347 e. The molecule has 0 amide bonds. The second kappa shape index (κ2) is 8.88. The lowest BCUT2D eigenvalue weighted by Crippen LogP contribution is -2.27. The first-order valence-electron chi connectivity index (χ1n) is 7.60. The first-order valence-corrected chi connectivity index (χ1v) is 9.52. The molecule has 0 aliphatic heterocycles. The molecule has 9 heteroatoms. The van der Waals surface area contributed by atoms with E-state index >= 15 is 0 Å². The number of hydrogen-bond donors (Lipinski definition) is 1. The normalized spacial score (nSPS) is 12.3. The molecule has 0 fully saturated rings. The van der Waals surface area contributed by atoms with Gasteiger partial charge in [0.15, 0.2) is 6.10 Å². The minimum atomic E-state index is -3.74. The predicted octanol–water partition coefficient (Wildman–Crippen LogP) is 2.38. The minimum absolute atomic E-state index is 0.0109. The van der Waals surface area contributed by atoms with Crippen LogP contribution in [0.2, 0.25) is 5.02 Å². The lowest BCUT2D eigenvalue weighted by molar-refractivity contribution is -0.151. The fraction of sp³-hybridized carbons (Fsp3) is 0.235. The van der Waals surface area contributed by atoms with Crippen LogP contribution in [0, 0.1) is 0 Å². The third-order valence-electron chi connectivity index (χ3n) is 3.19. The first kappa shape index (κ1) is 20.0. The van der Waals surface area contributed by atoms with E-state index in [2.05, 4.69) is 0 Å². The highest BCUT2D eigenvalue weighted by Crippen LogP contribution is 2.18. The van der Waals surface area contributed by atoms with Gasteiger partial charge in [0.2, 0.25) is 10.0 Å². The van der Waals surface area contributed by atoms with Crippen molar-refractivity contribution in [3.05, 3.63) is 53.6 Å². The van der Waals surface area contributed by atoms with Crippen LogP contribution in [0.15, 0.2) is 53.4 Å². The van der Waals surface area contributed by atoms with E-state index in [9.17, 15) is 13.2 Å². The number of ether oxygens (including phenoxy) is 3. The van der Waals surface area contributed by atoms with Gasteiger partial charge in [-0.2, -0.15) is 0 Å². The molecule has 0 aromatic heterocycles. The first-order chi connectivity index (χ1) is 12.3. The molecular formula is C17H18ClNO6S. The monoisotopic (exact) mass is 399 g/mol. The number of halogens is 1. The van der Waals surface area contributed by atoms with Crippen LogP contribution in [0.1, 0.15) is 6.92 Å². The van der Waals surface area contributed by atoms with Crippen molar-refractivity contribution in [1.82, 2.24) is 0 Å². The molecule has 0 saturated carbocycles. The molecule has 2 aromatic rings. The lowest BCUT2D eigenvalue weighted by Gasteiger charge is -2.14. The van der Waals surface area contributed by atoms with Gasteiger partial charge >= 0.3 is 5.97 Å². The van der Waals surface area contributed by atoms with Crippen molar-refractivity contribution in [2.24, 2.45) is 5.14 Å². The van der Waals surface area contributed by atoms with E-state index < -0.39 is 22.1 Å². The van der Waals surface area contributed by atoms with Gasteiger partial charge in [-0.15, -0.1) is 0 Å². The molecule has 0 saturated heterocycles. The van der Waals surface area contributed by atoms with Gasteiger partial charge in [-0.1, -0.05) is 17.7 Å². The van der Waals surface area contributed by atoms with Crippen LogP contribution in [0.5, 0.6) is 11.5 Å². The summed E-state index contributed by atoms with van der Waals surface area (Å²) in [6.45, 7) is 1.68. The van der Waals surface area contributed by atoms with Crippen LogP contribution in [-0.2, 0) is 19.6 Å². The molecule has 7 nitrogen and oxygen atoms in total. The summed E-state index contributed by atoms with van der Waals surface area (Å²) in [7, 11) is -3.74. The zero-order valence-electron chi connectivity index (χ0n) is 13.9. The van der Waals surface area contributed by atoms with Crippen molar-refractivity contribution in [1.29, 1.82) is 0 Å². The number of carbonyl (C=O) groups is 1. The third kappa shape index (κ3) is 6.21. The Morgan fingerprint density at radius 1 is 1.12 bits per heavy atom. The number of hydrogen-bond acceptors (Lipinski definition) is 6. The van der Waals surface area contributed by atoms with Crippen molar-refractivity contribution < 1.29 is 27.4 Å². The van der Waals surface area contributed by atoms with E-state index in [1.54, 1.807) is 31.2 Å². The van der Waals surface area contributed by atoms with E-state index in [0.29, 0.717) is 16.5 Å². The quantitative estimate of drug-likeness (QED) is 0.539. The topological polar surface area (TPSA) is 105 Å². The Kier molecular flexibility index (Phi) is 6.84. The van der Waals surface area contributed by atoms with Gasteiger partial charge < -0.3 is 14.2 Å². The summed E-state index contributed by atoms with van der Waals surface area (Å²) >= 11 is 5.85. The number of carbonyl (C=O) groups excluding carboxylic acids is 1. The third-order valence-corrected chi connectivity index (χ3v) is 4.35. The molecule has 0 heterocycles. The SMILES string of the molecule is C[C@@H](Oc1cccc(Cl)c1)C(=O)OCCOc1ccc(S(N)(=O)=O)cc1. The maximum atomic E-state index is 11.9. The molecule has 140 valence electrons. The molecule has 26 heavy (non-hydrogen) atoms. The lowest BCUT2D eigenvalue weighted by atomic mass is 10.3. The number of benzene rings is 2. The molecule has 0 spiro atoms. The standard InChI is InChI=1S/C17H18ClNO6S/c1-12(25-15-4-2-3-13(18)11-15)17(20)24-10-9-23-14-5-7-16(8-6-14)26(19,21)22/h2-8,11-12H,9-10H2,1H3,(H2,19,21,22)/t12-/m1/s1. The van der Waals surface area contributed by atoms with Gasteiger partial charge in [-0.25, -0.2) is 18.4 Å². The van der Waals surface area contributed by atoms with Crippen molar-refractivity contribution >= 4 is 27.6 Å². The van der Waals surface area contributed by atoms with E-state index in [0.717, 1.165) is 0 Å². The number of nitrogens with two attached hydrogens (primary N) is 1. The Balaban J connectivity index is 1.74. The van der Waals surface area contributed by atoms with Gasteiger partial charge in [0, 0.05) is 5.02 Å². The van der Waals surface area contributed by atoms with E-state index in [1.807, 2.05) is 0 Å². The van der Waals surface area contributed by atoms with E-state index in [-0.39, 0.29) is 18.1 Å². The fourth-order valence-electron chi connectivity index (χ4n) is 1.94. The van der Waals surface area contributed by atoms with Gasteiger partial charge in [0.05, 0.1) is 4.90 Å². The smallest absolute Gasteiger partial charge is 0.347 e. The second-order valence-corrected chi connectivity index (χ2v) is 7.25. The summed E-state index contributed by atoms with van der Waals surface area (Å²) in [4.78, 5) is 11.9. The summed E-state index contributed by atoms with van der Waals surface area (Å²) in [5.74, 6) is 0.350. The number of primary sulfonamides is 1. The molecule has 1 atom stereocenters. The molecule has 2 rings (SSSR count). The average Bonchev–Trinajstić information content (AvgIpc) is 2.58. The number of rotatable bonds is 8. The van der Waals surface area contributed by atoms with Crippen LogP contribution in [0.3, 0.4) is 0 Å². The molecule has 0 unspecified atom stereocenters. The molecule has 0 radical (unpaired) electrons. The Morgan fingerprint density at radius 2 is 1.81 bits per heavy atom. The zero-order valence-corrected chi connectivity index (χ0v) is 15.5. The summed E-state index contributed by atoms with van der Waals surface area (Å²) < 4.78 is 38.2. The zero-order chi connectivity index (χ0) is 19.2.